The number of esters is 1. The Labute approximate surface area is 143 Å². The van der Waals surface area contributed by atoms with Crippen molar-refractivity contribution in [2.45, 2.75) is 76.3 Å². The van der Waals surface area contributed by atoms with Gasteiger partial charge < -0.3 is 15.0 Å². The average molecular weight is 336 g/mol. The van der Waals surface area contributed by atoms with E-state index in [2.05, 4.69) is 5.32 Å². The minimum atomic E-state index is -0.878. The standard InChI is InChI=1S/C18H28N2O4/c1-2-24-17(23)18(9-5-6-10-18)19-16(22)13-11-15(21)20(12-13)14-7-3-4-8-14/h13-14H,2-12H2,1H3,(H,19,22)/t13-/m0/s1. The first-order chi connectivity index (χ1) is 11.6. The number of hydrogen-bond donors (Lipinski definition) is 1. The summed E-state index contributed by atoms with van der Waals surface area (Å²) in [6.45, 7) is 2.58. The van der Waals surface area contributed by atoms with Gasteiger partial charge in [0.05, 0.1) is 12.5 Å². The molecule has 1 atom stereocenters. The Morgan fingerprint density at radius 2 is 1.88 bits per heavy atom. The molecule has 2 aliphatic carbocycles. The van der Waals surface area contributed by atoms with Crippen molar-refractivity contribution >= 4 is 17.8 Å². The molecule has 0 aromatic carbocycles. The van der Waals surface area contributed by atoms with Crippen molar-refractivity contribution in [2.24, 2.45) is 5.92 Å². The van der Waals surface area contributed by atoms with E-state index in [9.17, 15) is 14.4 Å². The van der Waals surface area contributed by atoms with Gasteiger partial charge in [-0.25, -0.2) is 4.79 Å². The maximum Gasteiger partial charge on any atom is 0.331 e. The minimum Gasteiger partial charge on any atom is -0.464 e. The molecule has 6 nitrogen and oxygen atoms in total. The van der Waals surface area contributed by atoms with E-state index in [0.717, 1.165) is 38.5 Å². The van der Waals surface area contributed by atoms with Crippen LogP contribution in [0.3, 0.4) is 0 Å². The second-order valence-electron chi connectivity index (χ2n) is 7.38. The molecule has 3 aliphatic rings. The van der Waals surface area contributed by atoms with Crippen LogP contribution in [0.5, 0.6) is 0 Å². The average Bonchev–Trinajstić information content (AvgIpc) is 3.27. The van der Waals surface area contributed by atoms with Crippen molar-refractivity contribution in [3.8, 4) is 0 Å². The van der Waals surface area contributed by atoms with E-state index in [1.807, 2.05) is 4.90 Å². The number of hydrogen-bond acceptors (Lipinski definition) is 4. The van der Waals surface area contributed by atoms with E-state index in [-0.39, 0.29) is 30.1 Å². The third-order valence-electron chi connectivity index (χ3n) is 5.78. The fraction of sp³-hybridized carbons (Fsp3) is 0.833. The molecular weight excluding hydrogens is 308 g/mol. The maximum atomic E-state index is 12.7. The molecule has 1 heterocycles. The van der Waals surface area contributed by atoms with Crippen LogP contribution in [-0.2, 0) is 19.1 Å². The molecule has 0 unspecified atom stereocenters. The fourth-order valence-corrected chi connectivity index (χ4v) is 4.44. The Morgan fingerprint density at radius 3 is 2.50 bits per heavy atom. The van der Waals surface area contributed by atoms with Crippen LogP contribution < -0.4 is 5.32 Å². The summed E-state index contributed by atoms with van der Waals surface area (Å²) in [6.07, 6.45) is 7.78. The number of likely N-dealkylation sites (tertiary alicyclic amines) is 1. The highest BCUT2D eigenvalue weighted by Gasteiger charge is 2.46. The summed E-state index contributed by atoms with van der Waals surface area (Å²) >= 11 is 0. The number of rotatable bonds is 5. The van der Waals surface area contributed by atoms with E-state index < -0.39 is 5.54 Å². The molecule has 3 fully saturated rings. The largest absolute Gasteiger partial charge is 0.464 e. The molecule has 6 heteroatoms. The first-order valence-corrected chi connectivity index (χ1v) is 9.34. The lowest BCUT2D eigenvalue weighted by Crippen LogP contribution is -2.55. The Morgan fingerprint density at radius 1 is 1.21 bits per heavy atom. The first-order valence-electron chi connectivity index (χ1n) is 9.34. The first kappa shape index (κ1) is 17.2. The van der Waals surface area contributed by atoms with Crippen molar-refractivity contribution in [3.63, 3.8) is 0 Å². The quantitative estimate of drug-likeness (QED) is 0.776. The minimum absolute atomic E-state index is 0.0821. The van der Waals surface area contributed by atoms with Crippen molar-refractivity contribution in [2.75, 3.05) is 13.2 Å². The maximum absolute atomic E-state index is 12.7. The molecule has 1 saturated heterocycles. The van der Waals surface area contributed by atoms with E-state index in [4.69, 9.17) is 4.74 Å². The number of carbonyl (C=O) groups excluding carboxylic acids is 3. The number of amides is 2. The van der Waals surface area contributed by atoms with E-state index in [1.165, 1.54) is 0 Å². The van der Waals surface area contributed by atoms with Gasteiger partial charge >= 0.3 is 5.97 Å². The van der Waals surface area contributed by atoms with Gasteiger partial charge in [-0.15, -0.1) is 0 Å². The number of carbonyl (C=O) groups is 3. The third-order valence-corrected chi connectivity index (χ3v) is 5.78. The SMILES string of the molecule is CCOC(=O)C1(NC(=O)[C@H]2CC(=O)N(C3CCCC3)C2)CCCC1. The van der Waals surface area contributed by atoms with E-state index in [1.54, 1.807) is 6.92 Å². The molecule has 2 saturated carbocycles. The highest BCUT2D eigenvalue weighted by Crippen LogP contribution is 2.33. The Bertz CT molecular complexity index is 507. The molecular formula is C18H28N2O4. The van der Waals surface area contributed by atoms with Gasteiger partial charge in [-0.3, -0.25) is 9.59 Å². The normalized spacial score (nSPS) is 26.8. The Hall–Kier alpha value is -1.59. The lowest BCUT2D eigenvalue weighted by molar-refractivity contribution is -0.153. The summed E-state index contributed by atoms with van der Waals surface area (Å²) in [5.74, 6) is -0.754. The van der Waals surface area contributed by atoms with E-state index in [0.29, 0.717) is 32.0 Å². The molecule has 1 N–H and O–H groups in total. The number of ether oxygens (including phenoxy) is 1. The van der Waals surface area contributed by atoms with Gasteiger partial charge in [0.25, 0.3) is 0 Å². The smallest absolute Gasteiger partial charge is 0.331 e. The second kappa shape index (κ2) is 7.11. The molecule has 0 radical (unpaired) electrons. The molecule has 0 bridgehead atoms. The monoisotopic (exact) mass is 336 g/mol. The highest BCUT2D eigenvalue weighted by molar-refractivity contribution is 5.93. The van der Waals surface area contributed by atoms with Crippen LogP contribution >= 0.6 is 0 Å². The van der Waals surface area contributed by atoms with Crippen LogP contribution in [0, 0.1) is 5.92 Å². The summed E-state index contributed by atoms with van der Waals surface area (Å²) in [4.78, 5) is 39.2. The zero-order valence-electron chi connectivity index (χ0n) is 14.5. The molecule has 0 spiro atoms. The summed E-state index contributed by atoms with van der Waals surface area (Å²) < 4.78 is 5.19. The third kappa shape index (κ3) is 3.28. The Balaban J connectivity index is 1.63. The summed E-state index contributed by atoms with van der Waals surface area (Å²) in [5.41, 5.74) is -0.878. The molecule has 2 amide bonds. The summed E-state index contributed by atoms with van der Waals surface area (Å²) in [7, 11) is 0. The van der Waals surface area contributed by atoms with Crippen LogP contribution in [0.25, 0.3) is 0 Å². The van der Waals surface area contributed by atoms with Gasteiger partial charge in [0.1, 0.15) is 5.54 Å². The number of nitrogens with one attached hydrogen (secondary N) is 1. The van der Waals surface area contributed by atoms with E-state index >= 15 is 0 Å². The lowest BCUT2D eigenvalue weighted by Gasteiger charge is -2.29. The van der Waals surface area contributed by atoms with Gasteiger partial charge in [0.15, 0.2) is 0 Å². The molecule has 134 valence electrons. The fourth-order valence-electron chi connectivity index (χ4n) is 4.44. The summed E-state index contributed by atoms with van der Waals surface area (Å²) in [6, 6.07) is 0.306. The Kier molecular flexibility index (Phi) is 5.11. The van der Waals surface area contributed by atoms with Crippen LogP contribution in [0.1, 0.15) is 64.7 Å². The number of nitrogens with zero attached hydrogens (tertiary/aromatic N) is 1. The van der Waals surface area contributed by atoms with Crippen LogP contribution in [0.2, 0.25) is 0 Å². The molecule has 24 heavy (non-hydrogen) atoms. The zero-order chi connectivity index (χ0) is 17.2. The van der Waals surface area contributed by atoms with Gasteiger partial charge in [-0.05, 0) is 32.6 Å². The lowest BCUT2D eigenvalue weighted by atomic mass is 9.95. The van der Waals surface area contributed by atoms with Crippen LogP contribution in [0.15, 0.2) is 0 Å². The van der Waals surface area contributed by atoms with Crippen molar-refractivity contribution in [1.29, 1.82) is 0 Å². The van der Waals surface area contributed by atoms with Crippen LogP contribution in [-0.4, -0.2) is 47.4 Å². The van der Waals surface area contributed by atoms with Gasteiger partial charge in [0, 0.05) is 19.0 Å². The van der Waals surface area contributed by atoms with Crippen LogP contribution in [0.4, 0.5) is 0 Å². The van der Waals surface area contributed by atoms with Gasteiger partial charge in [-0.1, -0.05) is 25.7 Å². The predicted molar refractivity (Wildman–Crippen MR) is 88.1 cm³/mol. The highest BCUT2D eigenvalue weighted by atomic mass is 16.5. The molecule has 3 rings (SSSR count). The van der Waals surface area contributed by atoms with Gasteiger partial charge in [-0.2, -0.15) is 0 Å². The molecule has 1 aliphatic heterocycles. The van der Waals surface area contributed by atoms with Gasteiger partial charge in [0.2, 0.25) is 11.8 Å². The van der Waals surface area contributed by atoms with Crippen molar-refractivity contribution in [1.82, 2.24) is 10.2 Å². The van der Waals surface area contributed by atoms with Crippen molar-refractivity contribution < 1.29 is 19.1 Å². The molecule has 0 aromatic rings. The predicted octanol–water partition coefficient (Wildman–Crippen LogP) is 1.77. The summed E-state index contributed by atoms with van der Waals surface area (Å²) in [5, 5.41) is 2.96. The molecule has 0 aromatic heterocycles. The second-order valence-corrected chi connectivity index (χ2v) is 7.38. The topological polar surface area (TPSA) is 75.7 Å². The zero-order valence-corrected chi connectivity index (χ0v) is 14.5. The van der Waals surface area contributed by atoms with Crippen molar-refractivity contribution in [3.05, 3.63) is 0 Å².